The fourth-order valence-electron chi connectivity index (χ4n) is 2.12. The van der Waals surface area contributed by atoms with Gasteiger partial charge in [0.25, 0.3) is 0 Å². The molecule has 3 rings (SSSR count). The molecule has 0 saturated heterocycles. The Morgan fingerprint density at radius 1 is 1.17 bits per heavy atom. The van der Waals surface area contributed by atoms with Gasteiger partial charge in [0.05, 0.1) is 5.71 Å². The second kappa shape index (κ2) is 7.53. The Morgan fingerprint density at radius 3 is 2.78 bits per heavy atom. The zero-order valence-electron chi connectivity index (χ0n) is 12.2. The smallest absolute Gasteiger partial charge is 0.372 e. The zero-order chi connectivity index (χ0) is 16.1. The van der Waals surface area contributed by atoms with Gasteiger partial charge in [0, 0.05) is 27.7 Å². The zero-order valence-corrected chi connectivity index (χ0v) is 13.8. The number of carbonyl (C=O) groups is 1. The van der Waals surface area contributed by atoms with Crippen molar-refractivity contribution in [2.45, 2.75) is 11.3 Å². The van der Waals surface area contributed by atoms with E-state index in [4.69, 9.17) is 21.2 Å². The lowest BCUT2D eigenvalue weighted by Gasteiger charge is -2.16. The number of nitrogens with zero attached hydrogens (tertiary/aromatic N) is 1. The molecule has 0 radical (unpaired) electrons. The SMILES string of the molecule is O=C(COc1ccc(Cl)cc1)O/N=C1\CCSc2ccccc21. The number of halogens is 1. The van der Waals surface area contributed by atoms with Gasteiger partial charge in [0.15, 0.2) is 6.61 Å². The summed E-state index contributed by atoms with van der Waals surface area (Å²) in [6.45, 7) is -0.200. The highest BCUT2D eigenvalue weighted by Gasteiger charge is 2.16. The van der Waals surface area contributed by atoms with Crippen LogP contribution in [0.4, 0.5) is 0 Å². The van der Waals surface area contributed by atoms with Crippen LogP contribution in [0.25, 0.3) is 0 Å². The van der Waals surface area contributed by atoms with Crippen LogP contribution in [0.5, 0.6) is 5.75 Å². The van der Waals surface area contributed by atoms with Gasteiger partial charge in [-0.25, -0.2) is 4.79 Å². The number of hydrogen-bond donors (Lipinski definition) is 0. The summed E-state index contributed by atoms with van der Waals surface area (Å²) < 4.78 is 5.33. The van der Waals surface area contributed by atoms with E-state index in [-0.39, 0.29) is 6.61 Å². The van der Waals surface area contributed by atoms with Crippen LogP contribution in [0, 0.1) is 0 Å². The number of oxime groups is 1. The van der Waals surface area contributed by atoms with Crippen LogP contribution >= 0.6 is 23.4 Å². The van der Waals surface area contributed by atoms with E-state index >= 15 is 0 Å². The molecule has 0 fully saturated rings. The van der Waals surface area contributed by atoms with E-state index < -0.39 is 5.97 Å². The van der Waals surface area contributed by atoms with Gasteiger partial charge in [-0.2, -0.15) is 0 Å². The molecule has 1 heterocycles. The number of rotatable bonds is 4. The average molecular weight is 348 g/mol. The molecular weight excluding hydrogens is 334 g/mol. The van der Waals surface area contributed by atoms with E-state index in [2.05, 4.69) is 5.16 Å². The summed E-state index contributed by atoms with van der Waals surface area (Å²) in [6, 6.07) is 14.7. The minimum absolute atomic E-state index is 0.200. The maximum absolute atomic E-state index is 11.8. The van der Waals surface area contributed by atoms with E-state index in [1.54, 1.807) is 36.0 Å². The van der Waals surface area contributed by atoms with Crippen LogP contribution in [0.2, 0.25) is 5.02 Å². The fourth-order valence-corrected chi connectivity index (χ4v) is 3.28. The molecule has 6 heteroatoms. The summed E-state index contributed by atoms with van der Waals surface area (Å²) in [5.41, 5.74) is 1.81. The normalized spacial score (nSPS) is 15.1. The highest BCUT2D eigenvalue weighted by Crippen LogP contribution is 2.29. The molecular formula is C17H14ClNO3S. The Hall–Kier alpha value is -1.98. The van der Waals surface area contributed by atoms with E-state index in [0.717, 1.165) is 28.3 Å². The monoisotopic (exact) mass is 347 g/mol. The fraction of sp³-hybridized carbons (Fsp3) is 0.176. The largest absolute Gasteiger partial charge is 0.482 e. The Morgan fingerprint density at radius 2 is 1.96 bits per heavy atom. The first kappa shape index (κ1) is 15.9. The molecule has 1 aliphatic heterocycles. The number of ether oxygens (including phenoxy) is 1. The van der Waals surface area contributed by atoms with Crippen molar-refractivity contribution in [1.82, 2.24) is 0 Å². The van der Waals surface area contributed by atoms with Crippen molar-refractivity contribution >= 4 is 35.0 Å². The van der Waals surface area contributed by atoms with Crippen molar-refractivity contribution in [2.24, 2.45) is 5.16 Å². The second-order valence-corrected chi connectivity index (χ2v) is 6.41. The Kier molecular flexibility index (Phi) is 5.20. The molecule has 0 aromatic heterocycles. The van der Waals surface area contributed by atoms with Crippen molar-refractivity contribution in [3.8, 4) is 5.75 Å². The Bertz CT molecular complexity index is 731. The van der Waals surface area contributed by atoms with Gasteiger partial charge < -0.3 is 9.57 Å². The number of thioether (sulfide) groups is 1. The maximum atomic E-state index is 11.8. The molecule has 1 aliphatic rings. The number of fused-ring (bicyclic) bond motifs is 1. The molecule has 0 unspecified atom stereocenters. The first-order valence-corrected chi connectivity index (χ1v) is 8.46. The standard InChI is InChI=1S/C17H14ClNO3S/c18-12-5-7-13(8-6-12)21-11-17(20)22-19-15-9-10-23-16-4-2-1-3-14(15)16/h1-8H,9-11H2/b19-15+. The van der Waals surface area contributed by atoms with Gasteiger partial charge in [0.1, 0.15) is 5.75 Å². The highest BCUT2D eigenvalue weighted by atomic mass is 35.5. The van der Waals surface area contributed by atoms with Gasteiger partial charge in [-0.1, -0.05) is 35.0 Å². The van der Waals surface area contributed by atoms with Crippen LogP contribution in [0.3, 0.4) is 0 Å². The average Bonchev–Trinajstić information content (AvgIpc) is 2.59. The van der Waals surface area contributed by atoms with Crippen molar-refractivity contribution in [1.29, 1.82) is 0 Å². The Labute approximate surface area is 143 Å². The van der Waals surface area contributed by atoms with Crippen molar-refractivity contribution in [2.75, 3.05) is 12.4 Å². The van der Waals surface area contributed by atoms with E-state index in [9.17, 15) is 4.79 Å². The highest BCUT2D eigenvalue weighted by molar-refractivity contribution is 7.99. The molecule has 0 atom stereocenters. The number of carbonyl (C=O) groups excluding carboxylic acids is 1. The quantitative estimate of drug-likeness (QED) is 0.615. The summed E-state index contributed by atoms with van der Waals surface area (Å²) in [5, 5.41) is 4.61. The van der Waals surface area contributed by atoms with Crippen molar-refractivity contribution in [3.63, 3.8) is 0 Å². The summed E-state index contributed by atoms with van der Waals surface area (Å²) in [7, 11) is 0. The lowest BCUT2D eigenvalue weighted by molar-refractivity contribution is -0.146. The molecule has 2 aromatic rings. The van der Waals surface area contributed by atoms with Crippen molar-refractivity contribution in [3.05, 3.63) is 59.1 Å². The van der Waals surface area contributed by atoms with Gasteiger partial charge in [-0.3, -0.25) is 0 Å². The first-order valence-electron chi connectivity index (χ1n) is 7.09. The number of hydrogen-bond acceptors (Lipinski definition) is 5. The van der Waals surface area contributed by atoms with Gasteiger partial charge in [0.2, 0.25) is 0 Å². The summed E-state index contributed by atoms with van der Waals surface area (Å²) in [4.78, 5) is 17.9. The van der Waals surface area contributed by atoms with Crippen LogP contribution in [0.15, 0.2) is 58.6 Å². The minimum atomic E-state index is -0.539. The van der Waals surface area contributed by atoms with E-state index in [1.165, 1.54) is 0 Å². The molecule has 4 nitrogen and oxygen atoms in total. The van der Waals surface area contributed by atoms with Crippen LogP contribution in [0.1, 0.15) is 12.0 Å². The van der Waals surface area contributed by atoms with Gasteiger partial charge in [-0.05, 0) is 30.3 Å². The molecule has 0 bridgehead atoms. The molecule has 23 heavy (non-hydrogen) atoms. The lowest BCUT2D eigenvalue weighted by atomic mass is 10.1. The lowest BCUT2D eigenvalue weighted by Crippen LogP contribution is -2.15. The third-order valence-corrected chi connectivity index (χ3v) is 4.55. The third-order valence-electron chi connectivity index (χ3n) is 3.22. The van der Waals surface area contributed by atoms with Crippen LogP contribution < -0.4 is 4.74 Å². The Balaban J connectivity index is 1.57. The first-order chi connectivity index (χ1) is 11.2. The summed E-state index contributed by atoms with van der Waals surface area (Å²) in [6.07, 6.45) is 0.771. The molecule has 118 valence electrons. The van der Waals surface area contributed by atoms with Crippen LogP contribution in [-0.4, -0.2) is 24.0 Å². The van der Waals surface area contributed by atoms with Crippen LogP contribution in [-0.2, 0) is 9.63 Å². The van der Waals surface area contributed by atoms with E-state index in [1.807, 2.05) is 24.3 Å². The predicted molar refractivity (Wildman–Crippen MR) is 91.4 cm³/mol. The molecule has 0 aliphatic carbocycles. The van der Waals surface area contributed by atoms with Crippen molar-refractivity contribution < 1.29 is 14.4 Å². The number of benzene rings is 2. The molecule has 2 aromatic carbocycles. The molecule has 0 spiro atoms. The maximum Gasteiger partial charge on any atom is 0.372 e. The summed E-state index contributed by atoms with van der Waals surface area (Å²) in [5.74, 6) is 0.941. The molecule has 0 N–H and O–H groups in total. The second-order valence-electron chi connectivity index (χ2n) is 4.84. The molecule has 0 saturated carbocycles. The topological polar surface area (TPSA) is 47.9 Å². The van der Waals surface area contributed by atoms with Gasteiger partial charge in [-0.15, -0.1) is 11.8 Å². The van der Waals surface area contributed by atoms with Gasteiger partial charge >= 0.3 is 5.97 Å². The molecule has 0 amide bonds. The predicted octanol–water partition coefficient (Wildman–Crippen LogP) is 4.16. The van der Waals surface area contributed by atoms with E-state index in [0.29, 0.717) is 10.8 Å². The third kappa shape index (κ3) is 4.27. The summed E-state index contributed by atoms with van der Waals surface area (Å²) >= 11 is 7.56. The minimum Gasteiger partial charge on any atom is -0.482 e.